The number of amides is 1. The summed E-state index contributed by atoms with van der Waals surface area (Å²) in [5.41, 5.74) is 6.84. The van der Waals surface area contributed by atoms with E-state index in [1.54, 1.807) is 18.3 Å². The summed E-state index contributed by atoms with van der Waals surface area (Å²) >= 11 is 0. The van der Waals surface area contributed by atoms with Gasteiger partial charge in [0.2, 0.25) is 5.91 Å². The van der Waals surface area contributed by atoms with Crippen molar-refractivity contribution in [2.24, 2.45) is 5.73 Å². The van der Waals surface area contributed by atoms with Crippen LogP contribution in [0.15, 0.2) is 47.1 Å². The van der Waals surface area contributed by atoms with Gasteiger partial charge in [-0.2, -0.15) is 0 Å². The molecule has 0 radical (unpaired) electrons. The molecule has 0 unspecified atom stereocenters. The topological polar surface area (TPSA) is 69.1 Å². The van der Waals surface area contributed by atoms with Crippen molar-refractivity contribution >= 4 is 12.0 Å². The average Bonchev–Trinajstić information content (AvgIpc) is 2.80. The van der Waals surface area contributed by atoms with E-state index in [4.69, 9.17) is 10.3 Å². The van der Waals surface area contributed by atoms with Crippen LogP contribution in [0.25, 0.3) is 17.4 Å². The Kier molecular flexibility index (Phi) is 2.82. The molecule has 0 aliphatic rings. The minimum Gasteiger partial charge on any atom is -0.366 e. The van der Waals surface area contributed by atoms with Crippen LogP contribution in [0.4, 0.5) is 0 Å². The lowest BCUT2D eigenvalue weighted by Gasteiger charge is -1.96. The van der Waals surface area contributed by atoms with E-state index in [0.717, 1.165) is 11.1 Å². The summed E-state index contributed by atoms with van der Waals surface area (Å²) in [6, 6.07) is 9.31. The van der Waals surface area contributed by atoms with Gasteiger partial charge in [-0.25, -0.2) is 0 Å². The fraction of sp³-hybridized carbons (Fsp3) is 0. The van der Waals surface area contributed by atoms with E-state index in [1.807, 2.05) is 24.3 Å². The van der Waals surface area contributed by atoms with Gasteiger partial charge in [0.1, 0.15) is 0 Å². The predicted octanol–water partition coefficient (Wildman–Crippen LogP) is 1.84. The summed E-state index contributed by atoms with van der Waals surface area (Å²) in [6.45, 7) is 0. The average molecular weight is 214 g/mol. The molecule has 80 valence electrons. The molecule has 0 aliphatic carbocycles. The van der Waals surface area contributed by atoms with Crippen LogP contribution in [0, 0.1) is 0 Å². The van der Waals surface area contributed by atoms with Gasteiger partial charge in [0.25, 0.3) is 0 Å². The normalized spacial score (nSPS) is 10.8. The highest BCUT2D eigenvalue weighted by atomic mass is 16.5. The largest absolute Gasteiger partial charge is 0.366 e. The van der Waals surface area contributed by atoms with Crippen molar-refractivity contribution < 1.29 is 9.32 Å². The molecule has 0 aliphatic heterocycles. The van der Waals surface area contributed by atoms with Crippen molar-refractivity contribution in [3.8, 4) is 11.3 Å². The highest BCUT2D eigenvalue weighted by Crippen LogP contribution is 2.19. The molecule has 0 saturated carbocycles. The van der Waals surface area contributed by atoms with Crippen LogP contribution in [0.5, 0.6) is 0 Å². The predicted molar refractivity (Wildman–Crippen MR) is 60.2 cm³/mol. The molecule has 0 atom stereocenters. The number of hydrogen-bond acceptors (Lipinski definition) is 3. The molecule has 2 N–H and O–H groups in total. The number of primary amides is 1. The van der Waals surface area contributed by atoms with Crippen LogP contribution in [0.2, 0.25) is 0 Å². The van der Waals surface area contributed by atoms with Crippen LogP contribution in [0.3, 0.4) is 0 Å². The minimum absolute atomic E-state index is 0.459. The van der Waals surface area contributed by atoms with E-state index in [0.29, 0.717) is 5.76 Å². The Hall–Kier alpha value is -2.36. The number of hydrogen-bond donors (Lipinski definition) is 1. The van der Waals surface area contributed by atoms with Gasteiger partial charge in [-0.15, -0.1) is 0 Å². The number of rotatable bonds is 3. The highest BCUT2D eigenvalue weighted by Gasteiger charge is 2.00. The standard InChI is InChI=1S/C12H10N2O2/c13-12(15)6-3-9-1-4-10(5-2-9)11-7-8-14-16-11/h1-8H,(H2,13,15). The molecule has 4 nitrogen and oxygen atoms in total. The second-order valence-electron chi connectivity index (χ2n) is 3.23. The lowest BCUT2D eigenvalue weighted by atomic mass is 10.1. The molecule has 1 heterocycles. The lowest BCUT2D eigenvalue weighted by molar-refractivity contribution is -0.113. The van der Waals surface area contributed by atoms with E-state index in [-0.39, 0.29) is 0 Å². The Balaban J connectivity index is 2.20. The van der Waals surface area contributed by atoms with Gasteiger partial charge in [0, 0.05) is 17.7 Å². The Morgan fingerprint density at radius 3 is 2.56 bits per heavy atom. The molecule has 0 spiro atoms. The Morgan fingerprint density at radius 2 is 2.00 bits per heavy atom. The zero-order chi connectivity index (χ0) is 11.4. The van der Waals surface area contributed by atoms with Gasteiger partial charge < -0.3 is 10.3 Å². The summed E-state index contributed by atoms with van der Waals surface area (Å²) in [4.78, 5) is 10.5. The first kappa shape index (κ1) is 10.2. The lowest BCUT2D eigenvalue weighted by Crippen LogP contribution is -2.04. The van der Waals surface area contributed by atoms with Gasteiger partial charge in [-0.1, -0.05) is 29.4 Å². The zero-order valence-corrected chi connectivity index (χ0v) is 8.46. The molecule has 0 fully saturated rings. The van der Waals surface area contributed by atoms with Gasteiger partial charge in [0.05, 0.1) is 6.20 Å². The third-order valence-corrected chi connectivity index (χ3v) is 2.07. The SMILES string of the molecule is NC(=O)C=Cc1ccc(-c2ccno2)cc1. The molecule has 0 bridgehead atoms. The smallest absolute Gasteiger partial charge is 0.241 e. The van der Waals surface area contributed by atoms with Crippen molar-refractivity contribution in [2.45, 2.75) is 0 Å². The quantitative estimate of drug-likeness (QED) is 0.792. The molecule has 0 saturated heterocycles. The minimum atomic E-state index is -0.459. The Morgan fingerprint density at radius 1 is 1.25 bits per heavy atom. The van der Waals surface area contributed by atoms with E-state index in [9.17, 15) is 4.79 Å². The Labute approximate surface area is 92.4 Å². The monoisotopic (exact) mass is 214 g/mol. The number of aromatic nitrogens is 1. The molecular formula is C12H10N2O2. The van der Waals surface area contributed by atoms with Crippen LogP contribution in [-0.2, 0) is 4.79 Å². The van der Waals surface area contributed by atoms with E-state index in [1.165, 1.54) is 6.08 Å². The first-order valence-electron chi connectivity index (χ1n) is 4.74. The Bertz CT molecular complexity index is 498. The maximum atomic E-state index is 10.5. The fourth-order valence-corrected chi connectivity index (χ4v) is 1.30. The summed E-state index contributed by atoms with van der Waals surface area (Å²) < 4.78 is 5.02. The van der Waals surface area contributed by atoms with Crippen LogP contribution in [0.1, 0.15) is 5.56 Å². The van der Waals surface area contributed by atoms with Crippen LogP contribution >= 0.6 is 0 Å². The van der Waals surface area contributed by atoms with Gasteiger partial charge in [0.15, 0.2) is 5.76 Å². The molecule has 2 aromatic rings. The summed E-state index contributed by atoms with van der Waals surface area (Å²) in [6.07, 6.45) is 4.58. The second-order valence-corrected chi connectivity index (χ2v) is 3.23. The first-order chi connectivity index (χ1) is 7.75. The molecular weight excluding hydrogens is 204 g/mol. The van der Waals surface area contributed by atoms with Gasteiger partial charge in [-0.05, 0) is 11.6 Å². The zero-order valence-electron chi connectivity index (χ0n) is 8.46. The first-order valence-corrected chi connectivity index (χ1v) is 4.74. The molecule has 4 heteroatoms. The third kappa shape index (κ3) is 2.36. The number of nitrogens with two attached hydrogens (primary N) is 1. The summed E-state index contributed by atoms with van der Waals surface area (Å²) in [5.74, 6) is 0.254. The van der Waals surface area contributed by atoms with Crippen LogP contribution in [-0.4, -0.2) is 11.1 Å². The fourth-order valence-electron chi connectivity index (χ4n) is 1.30. The van der Waals surface area contributed by atoms with Crippen molar-refractivity contribution in [3.63, 3.8) is 0 Å². The molecule has 1 aromatic carbocycles. The second kappa shape index (κ2) is 4.44. The van der Waals surface area contributed by atoms with Crippen molar-refractivity contribution in [3.05, 3.63) is 48.2 Å². The molecule has 1 amide bonds. The highest BCUT2D eigenvalue weighted by molar-refractivity contribution is 5.90. The molecule has 2 rings (SSSR count). The van der Waals surface area contributed by atoms with Gasteiger partial charge >= 0.3 is 0 Å². The summed E-state index contributed by atoms with van der Waals surface area (Å²) in [5, 5.41) is 3.63. The summed E-state index contributed by atoms with van der Waals surface area (Å²) in [7, 11) is 0. The van der Waals surface area contributed by atoms with Crippen LogP contribution < -0.4 is 5.73 Å². The number of carbonyl (C=O) groups is 1. The number of nitrogens with zero attached hydrogens (tertiary/aromatic N) is 1. The number of carbonyl (C=O) groups excluding carboxylic acids is 1. The van der Waals surface area contributed by atoms with Crippen molar-refractivity contribution in [2.75, 3.05) is 0 Å². The van der Waals surface area contributed by atoms with E-state index < -0.39 is 5.91 Å². The molecule has 16 heavy (non-hydrogen) atoms. The molecule has 1 aromatic heterocycles. The maximum Gasteiger partial charge on any atom is 0.241 e. The van der Waals surface area contributed by atoms with E-state index in [2.05, 4.69) is 5.16 Å². The van der Waals surface area contributed by atoms with Crippen molar-refractivity contribution in [1.29, 1.82) is 0 Å². The third-order valence-electron chi connectivity index (χ3n) is 2.07. The van der Waals surface area contributed by atoms with Crippen molar-refractivity contribution in [1.82, 2.24) is 5.16 Å². The van der Waals surface area contributed by atoms with E-state index >= 15 is 0 Å². The number of benzene rings is 1. The maximum absolute atomic E-state index is 10.5. The van der Waals surface area contributed by atoms with Gasteiger partial charge in [-0.3, -0.25) is 4.79 Å².